The third-order valence-electron chi connectivity index (χ3n) is 4.20. The van der Waals surface area contributed by atoms with E-state index in [2.05, 4.69) is 11.4 Å². The smallest absolute Gasteiger partial charge is 0.253 e. The number of benzene rings is 1. The van der Waals surface area contributed by atoms with Crippen LogP contribution in [-0.4, -0.2) is 36.5 Å². The molecule has 19 heavy (non-hydrogen) atoms. The lowest BCUT2D eigenvalue weighted by Gasteiger charge is -2.34. The Labute approximate surface area is 113 Å². The van der Waals surface area contributed by atoms with Gasteiger partial charge in [0.2, 0.25) is 0 Å². The van der Waals surface area contributed by atoms with Crippen LogP contribution in [0.25, 0.3) is 0 Å². The lowest BCUT2D eigenvalue weighted by molar-refractivity contribution is 0.0662. The minimum atomic E-state index is 0.0924. The van der Waals surface area contributed by atoms with Crippen molar-refractivity contribution in [1.29, 1.82) is 5.26 Å². The summed E-state index contributed by atoms with van der Waals surface area (Å²) in [6, 6.07) is 9.58. The van der Waals surface area contributed by atoms with Crippen LogP contribution in [0.5, 0.6) is 0 Å². The van der Waals surface area contributed by atoms with Gasteiger partial charge in [0.15, 0.2) is 0 Å². The molecule has 2 heterocycles. The molecule has 1 aromatic carbocycles. The summed E-state index contributed by atoms with van der Waals surface area (Å²) in [7, 11) is 0. The Balaban J connectivity index is 1.71. The average Bonchev–Trinajstić information content (AvgIpc) is 2.94. The van der Waals surface area contributed by atoms with Gasteiger partial charge in [0.25, 0.3) is 5.91 Å². The quantitative estimate of drug-likeness (QED) is 0.825. The molecule has 0 bridgehead atoms. The van der Waals surface area contributed by atoms with E-state index in [0.717, 1.165) is 26.1 Å². The number of likely N-dealkylation sites (tertiary alicyclic amines) is 1. The van der Waals surface area contributed by atoms with Crippen molar-refractivity contribution in [2.75, 3.05) is 19.6 Å². The van der Waals surface area contributed by atoms with Crippen LogP contribution in [0.1, 0.15) is 28.8 Å². The summed E-state index contributed by atoms with van der Waals surface area (Å²) in [5.74, 6) is 0.700. The second-order valence-electron chi connectivity index (χ2n) is 5.34. The van der Waals surface area contributed by atoms with E-state index in [9.17, 15) is 4.79 Å². The molecule has 4 heteroatoms. The fourth-order valence-electron chi connectivity index (χ4n) is 3.10. The Morgan fingerprint density at radius 2 is 2.11 bits per heavy atom. The highest BCUT2D eigenvalue weighted by molar-refractivity contribution is 5.94. The highest BCUT2D eigenvalue weighted by atomic mass is 16.2. The molecule has 1 amide bonds. The van der Waals surface area contributed by atoms with Crippen LogP contribution in [-0.2, 0) is 0 Å². The maximum Gasteiger partial charge on any atom is 0.253 e. The number of carbonyl (C=O) groups excluding carboxylic acids is 1. The highest BCUT2D eigenvalue weighted by Crippen LogP contribution is 2.25. The first-order chi connectivity index (χ1) is 9.28. The van der Waals surface area contributed by atoms with Gasteiger partial charge in [-0.3, -0.25) is 4.79 Å². The van der Waals surface area contributed by atoms with Crippen molar-refractivity contribution in [3.05, 3.63) is 35.4 Å². The van der Waals surface area contributed by atoms with Gasteiger partial charge in [-0.25, -0.2) is 0 Å². The SMILES string of the molecule is N#Cc1ccc(C(=O)N2CCC3NCCC3C2)cc1. The van der Waals surface area contributed by atoms with Crippen LogP contribution in [0.15, 0.2) is 24.3 Å². The van der Waals surface area contributed by atoms with Crippen molar-refractivity contribution in [3.63, 3.8) is 0 Å². The molecule has 0 saturated carbocycles. The second-order valence-corrected chi connectivity index (χ2v) is 5.34. The van der Waals surface area contributed by atoms with E-state index >= 15 is 0 Å². The van der Waals surface area contributed by atoms with Gasteiger partial charge in [-0.05, 0) is 49.6 Å². The Hall–Kier alpha value is -1.86. The molecule has 2 unspecified atom stereocenters. The van der Waals surface area contributed by atoms with Gasteiger partial charge in [-0.15, -0.1) is 0 Å². The van der Waals surface area contributed by atoms with Crippen molar-refractivity contribution in [3.8, 4) is 6.07 Å². The largest absolute Gasteiger partial charge is 0.338 e. The molecular weight excluding hydrogens is 238 g/mol. The summed E-state index contributed by atoms with van der Waals surface area (Å²) < 4.78 is 0. The van der Waals surface area contributed by atoms with Crippen LogP contribution in [0.4, 0.5) is 0 Å². The first kappa shape index (κ1) is 12.2. The summed E-state index contributed by atoms with van der Waals surface area (Å²) in [5.41, 5.74) is 1.28. The standard InChI is InChI=1S/C15H17N3O/c16-9-11-1-3-12(4-2-11)15(19)18-8-6-14-13(10-18)5-7-17-14/h1-4,13-14,17H,5-8,10H2. The van der Waals surface area contributed by atoms with E-state index in [1.54, 1.807) is 24.3 Å². The van der Waals surface area contributed by atoms with Gasteiger partial charge in [0, 0.05) is 24.7 Å². The Kier molecular flexibility index (Phi) is 3.22. The average molecular weight is 255 g/mol. The number of nitriles is 1. The van der Waals surface area contributed by atoms with Gasteiger partial charge >= 0.3 is 0 Å². The third-order valence-corrected chi connectivity index (χ3v) is 4.20. The maximum atomic E-state index is 12.4. The Morgan fingerprint density at radius 1 is 1.32 bits per heavy atom. The molecule has 1 N–H and O–H groups in total. The van der Waals surface area contributed by atoms with Crippen molar-refractivity contribution in [1.82, 2.24) is 10.2 Å². The monoisotopic (exact) mass is 255 g/mol. The maximum absolute atomic E-state index is 12.4. The first-order valence-electron chi connectivity index (χ1n) is 6.81. The molecule has 0 aromatic heterocycles. The fraction of sp³-hybridized carbons (Fsp3) is 0.467. The highest BCUT2D eigenvalue weighted by Gasteiger charge is 2.34. The van der Waals surface area contributed by atoms with Crippen LogP contribution in [0, 0.1) is 17.2 Å². The predicted octanol–water partition coefficient (Wildman–Crippen LogP) is 1.38. The lowest BCUT2D eigenvalue weighted by atomic mass is 9.93. The number of hydrogen-bond donors (Lipinski definition) is 1. The van der Waals surface area contributed by atoms with Crippen LogP contribution in [0.2, 0.25) is 0 Å². The van der Waals surface area contributed by atoms with Gasteiger partial charge in [0.05, 0.1) is 11.6 Å². The van der Waals surface area contributed by atoms with E-state index in [4.69, 9.17) is 5.26 Å². The van der Waals surface area contributed by atoms with E-state index in [0.29, 0.717) is 23.1 Å². The minimum absolute atomic E-state index is 0.0924. The summed E-state index contributed by atoms with van der Waals surface area (Å²) in [6.07, 6.45) is 2.22. The van der Waals surface area contributed by atoms with Crippen molar-refractivity contribution >= 4 is 5.91 Å². The van der Waals surface area contributed by atoms with Crippen molar-refractivity contribution in [2.45, 2.75) is 18.9 Å². The summed E-state index contributed by atoms with van der Waals surface area (Å²) >= 11 is 0. The first-order valence-corrected chi connectivity index (χ1v) is 6.81. The zero-order valence-corrected chi connectivity index (χ0v) is 10.8. The zero-order chi connectivity index (χ0) is 13.2. The van der Waals surface area contributed by atoms with Gasteiger partial charge in [-0.1, -0.05) is 0 Å². The molecule has 98 valence electrons. The third kappa shape index (κ3) is 2.34. The molecule has 0 spiro atoms. The number of hydrogen-bond acceptors (Lipinski definition) is 3. The summed E-state index contributed by atoms with van der Waals surface area (Å²) in [5, 5.41) is 12.3. The number of nitrogens with zero attached hydrogens (tertiary/aromatic N) is 2. The zero-order valence-electron chi connectivity index (χ0n) is 10.8. The molecule has 2 saturated heterocycles. The second kappa shape index (κ2) is 5.02. The molecule has 4 nitrogen and oxygen atoms in total. The molecule has 2 aliphatic heterocycles. The number of carbonyl (C=O) groups is 1. The summed E-state index contributed by atoms with van der Waals surface area (Å²) in [4.78, 5) is 14.4. The molecule has 2 atom stereocenters. The Bertz CT molecular complexity index is 517. The van der Waals surface area contributed by atoms with Gasteiger partial charge < -0.3 is 10.2 Å². The molecule has 0 radical (unpaired) electrons. The van der Waals surface area contributed by atoms with Crippen molar-refractivity contribution in [2.24, 2.45) is 5.92 Å². The minimum Gasteiger partial charge on any atom is -0.338 e. The molecule has 2 aliphatic rings. The predicted molar refractivity (Wildman–Crippen MR) is 71.6 cm³/mol. The number of rotatable bonds is 1. The number of piperidine rings is 1. The molecule has 1 aromatic rings. The molecular formula is C15H17N3O. The van der Waals surface area contributed by atoms with E-state index in [1.807, 2.05) is 4.90 Å². The number of nitrogens with one attached hydrogen (secondary N) is 1. The van der Waals surface area contributed by atoms with Gasteiger partial charge in [0.1, 0.15) is 0 Å². The van der Waals surface area contributed by atoms with Crippen LogP contribution >= 0.6 is 0 Å². The molecule has 3 rings (SSSR count). The van der Waals surface area contributed by atoms with Crippen molar-refractivity contribution < 1.29 is 4.79 Å². The van der Waals surface area contributed by atoms with E-state index in [1.165, 1.54) is 6.42 Å². The molecule has 2 fully saturated rings. The molecule has 0 aliphatic carbocycles. The number of amides is 1. The fourth-order valence-corrected chi connectivity index (χ4v) is 3.10. The van der Waals surface area contributed by atoms with E-state index in [-0.39, 0.29) is 5.91 Å². The normalized spacial score (nSPS) is 25.7. The van der Waals surface area contributed by atoms with Crippen LogP contribution in [0.3, 0.4) is 0 Å². The summed E-state index contributed by atoms with van der Waals surface area (Å²) in [6.45, 7) is 2.76. The van der Waals surface area contributed by atoms with Crippen LogP contribution < -0.4 is 5.32 Å². The number of fused-ring (bicyclic) bond motifs is 1. The lowest BCUT2D eigenvalue weighted by Crippen LogP contribution is -2.46. The van der Waals surface area contributed by atoms with E-state index < -0.39 is 0 Å². The topological polar surface area (TPSA) is 56.1 Å². The Morgan fingerprint density at radius 3 is 2.84 bits per heavy atom. The van der Waals surface area contributed by atoms with Gasteiger partial charge in [-0.2, -0.15) is 5.26 Å².